The standard InChI is InChI=1S/C15H27N3O2/c1-13-12-18(8-9-20-11-10-19-2)15(16-13)17-14-6-4-3-5-7-14/h12,14H,3-11H2,1-2H3,(H,16,17). The third-order valence-electron chi connectivity index (χ3n) is 3.74. The summed E-state index contributed by atoms with van der Waals surface area (Å²) >= 11 is 0. The molecule has 5 heteroatoms. The molecular weight excluding hydrogens is 254 g/mol. The third-order valence-corrected chi connectivity index (χ3v) is 3.74. The second-order valence-corrected chi connectivity index (χ2v) is 5.48. The molecule has 1 heterocycles. The first-order chi connectivity index (χ1) is 9.79. The molecule has 114 valence electrons. The smallest absolute Gasteiger partial charge is 0.203 e. The molecule has 0 saturated heterocycles. The Morgan fingerprint density at radius 2 is 2.05 bits per heavy atom. The zero-order valence-corrected chi connectivity index (χ0v) is 12.7. The normalized spacial score (nSPS) is 16.5. The van der Waals surface area contributed by atoms with Crippen LogP contribution in [0.25, 0.3) is 0 Å². The van der Waals surface area contributed by atoms with Crippen molar-refractivity contribution >= 4 is 5.95 Å². The van der Waals surface area contributed by atoms with Crippen molar-refractivity contribution in [1.29, 1.82) is 0 Å². The van der Waals surface area contributed by atoms with Gasteiger partial charge in [0.2, 0.25) is 5.95 Å². The van der Waals surface area contributed by atoms with Crippen molar-refractivity contribution in [1.82, 2.24) is 9.55 Å². The lowest BCUT2D eigenvalue weighted by molar-refractivity contribution is 0.0667. The van der Waals surface area contributed by atoms with Crippen molar-refractivity contribution in [2.45, 2.75) is 51.6 Å². The van der Waals surface area contributed by atoms with E-state index in [0.29, 0.717) is 25.9 Å². The molecule has 5 nitrogen and oxygen atoms in total. The minimum atomic E-state index is 0.582. The molecule has 1 aliphatic rings. The summed E-state index contributed by atoms with van der Waals surface area (Å²) in [4.78, 5) is 4.59. The Morgan fingerprint density at radius 1 is 1.25 bits per heavy atom. The number of nitrogens with zero attached hydrogens (tertiary/aromatic N) is 2. The van der Waals surface area contributed by atoms with Gasteiger partial charge in [-0.3, -0.25) is 0 Å². The van der Waals surface area contributed by atoms with E-state index >= 15 is 0 Å². The van der Waals surface area contributed by atoms with Gasteiger partial charge in [-0.05, 0) is 19.8 Å². The summed E-state index contributed by atoms with van der Waals surface area (Å²) in [6.07, 6.45) is 8.64. The molecule has 20 heavy (non-hydrogen) atoms. The molecule has 1 aromatic heterocycles. The Morgan fingerprint density at radius 3 is 2.80 bits per heavy atom. The lowest BCUT2D eigenvalue weighted by atomic mass is 9.96. The van der Waals surface area contributed by atoms with E-state index in [4.69, 9.17) is 9.47 Å². The van der Waals surface area contributed by atoms with E-state index in [9.17, 15) is 0 Å². The van der Waals surface area contributed by atoms with Crippen LogP contribution in [0.2, 0.25) is 0 Å². The van der Waals surface area contributed by atoms with Gasteiger partial charge in [0.05, 0.1) is 25.5 Å². The van der Waals surface area contributed by atoms with Crippen LogP contribution in [0.1, 0.15) is 37.8 Å². The van der Waals surface area contributed by atoms with E-state index in [0.717, 1.165) is 18.2 Å². The Labute approximate surface area is 121 Å². The van der Waals surface area contributed by atoms with Gasteiger partial charge in [0.1, 0.15) is 0 Å². The average Bonchev–Trinajstić information content (AvgIpc) is 2.80. The molecule has 0 radical (unpaired) electrons. The Balaban J connectivity index is 1.81. The topological polar surface area (TPSA) is 48.3 Å². The predicted molar refractivity (Wildman–Crippen MR) is 80.2 cm³/mol. The minimum Gasteiger partial charge on any atom is -0.382 e. The fourth-order valence-corrected chi connectivity index (χ4v) is 2.67. The predicted octanol–water partition coefficient (Wildman–Crippen LogP) is 2.60. The van der Waals surface area contributed by atoms with Crippen molar-refractivity contribution in [3.63, 3.8) is 0 Å². The van der Waals surface area contributed by atoms with Crippen molar-refractivity contribution < 1.29 is 9.47 Å². The maximum atomic E-state index is 5.53. The van der Waals surface area contributed by atoms with Crippen LogP contribution in [0, 0.1) is 6.92 Å². The van der Waals surface area contributed by atoms with Gasteiger partial charge in [0.15, 0.2) is 0 Å². The number of methoxy groups -OCH3 is 1. The van der Waals surface area contributed by atoms with Crippen LogP contribution in [-0.4, -0.2) is 42.5 Å². The van der Waals surface area contributed by atoms with Crippen molar-refractivity contribution in [3.05, 3.63) is 11.9 Å². The zero-order valence-electron chi connectivity index (χ0n) is 12.7. The van der Waals surface area contributed by atoms with Crippen molar-refractivity contribution in [2.75, 3.05) is 32.2 Å². The molecule has 0 amide bonds. The molecule has 1 fully saturated rings. The van der Waals surface area contributed by atoms with Crippen molar-refractivity contribution in [2.24, 2.45) is 0 Å². The number of ether oxygens (including phenoxy) is 2. The van der Waals surface area contributed by atoms with Crippen LogP contribution in [0.5, 0.6) is 0 Å². The molecule has 1 saturated carbocycles. The van der Waals surface area contributed by atoms with Gasteiger partial charge in [-0.1, -0.05) is 19.3 Å². The number of hydrogen-bond donors (Lipinski definition) is 1. The van der Waals surface area contributed by atoms with E-state index < -0.39 is 0 Å². The molecule has 0 spiro atoms. The number of aryl methyl sites for hydroxylation is 1. The fourth-order valence-electron chi connectivity index (χ4n) is 2.67. The first-order valence-corrected chi connectivity index (χ1v) is 7.66. The first-order valence-electron chi connectivity index (χ1n) is 7.66. The summed E-state index contributed by atoms with van der Waals surface area (Å²) in [5, 5.41) is 3.59. The van der Waals surface area contributed by atoms with Gasteiger partial charge in [0, 0.05) is 25.9 Å². The van der Waals surface area contributed by atoms with E-state index in [1.807, 2.05) is 6.92 Å². The highest BCUT2D eigenvalue weighted by atomic mass is 16.5. The number of anilines is 1. The van der Waals surface area contributed by atoms with Gasteiger partial charge in [0.25, 0.3) is 0 Å². The van der Waals surface area contributed by atoms with Crippen molar-refractivity contribution in [3.8, 4) is 0 Å². The Hall–Kier alpha value is -1.07. The lowest BCUT2D eigenvalue weighted by Gasteiger charge is -2.23. The molecule has 1 N–H and O–H groups in total. The van der Waals surface area contributed by atoms with E-state index in [-0.39, 0.29) is 0 Å². The monoisotopic (exact) mass is 281 g/mol. The Kier molecular flexibility index (Phi) is 6.33. The minimum absolute atomic E-state index is 0.582. The fraction of sp³-hybridized carbons (Fsp3) is 0.800. The molecule has 0 atom stereocenters. The molecule has 0 aromatic carbocycles. The molecular formula is C15H27N3O2. The highest BCUT2D eigenvalue weighted by molar-refractivity contribution is 5.30. The number of hydrogen-bond acceptors (Lipinski definition) is 4. The average molecular weight is 281 g/mol. The van der Waals surface area contributed by atoms with Gasteiger partial charge >= 0.3 is 0 Å². The maximum absolute atomic E-state index is 5.53. The van der Waals surface area contributed by atoms with Crippen LogP contribution in [0.4, 0.5) is 5.95 Å². The van der Waals surface area contributed by atoms with Gasteiger partial charge < -0.3 is 19.4 Å². The number of imidazole rings is 1. The number of rotatable bonds is 8. The van der Waals surface area contributed by atoms with E-state index in [1.165, 1.54) is 32.1 Å². The molecule has 0 bridgehead atoms. The molecule has 1 aromatic rings. The number of nitrogens with one attached hydrogen (secondary N) is 1. The third kappa shape index (κ3) is 4.80. The summed E-state index contributed by atoms with van der Waals surface area (Å²) in [5.41, 5.74) is 1.06. The number of aromatic nitrogens is 2. The van der Waals surface area contributed by atoms with E-state index in [1.54, 1.807) is 7.11 Å². The largest absolute Gasteiger partial charge is 0.382 e. The second kappa shape index (κ2) is 8.27. The van der Waals surface area contributed by atoms with Gasteiger partial charge in [-0.25, -0.2) is 4.98 Å². The summed E-state index contributed by atoms with van der Waals surface area (Å²) in [5.74, 6) is 0.991. The molecule has 2 rings (SSSR count). The molecule has 0 aliphatic heterocycles. The molecule has 1 aliphatic carbocycles. The van der Waals surface area contributed by atoms with Crippen LogP contribution in [0.15, 0.2) is 6.20 Å². The SMILES string of the molecule is COCCOCCn1cc(C)nc1NC1CCCCC1. The quantitative estimate of drug-likeness (QED) is 0.744. The second-order valence-electron chi connectivity index (χ2n) is 5.48. The summed E-state index contributed by atoms with van der Waals surface area (Å²) < 4.78 is 12.7. The highest BCUT2D eigenvalue weighted by Gasteiger charge is 2.15. The Bertz CT molecular complexity index is 386. The van der Waals surface area contributed by atoms with Crippen LogP contribution < -0.4 is 5.32 Å². The van der Waals surface area contributed by atoms with Crippen LogP contribution >= 0.6 is 0 Å². The zero-order chi connectivity index (χ0) is 14.2. The lowest BCUT2D eigenvalue weighted by Crippen LogP contribution is -2.24. The summed E-state index contributed by atoms with van der Waals surface area (Å²) in [6, 6.07) is 0.582. The van der Waals surface area contributed by atoms with E-state index in [2.05, 4.69) is 21.1 Å². The van der Waals surface area contributed by atoms with Gasteiger partial charge in [-0.2, -0.15) is 0 Å². The summed E-state index contributed by atoms with van der Waals surface area (Å²) in [6.45, 7) is 4.86. The maximum Gasteiger partial charge on any atom is 0.203 e. The highest BCUT2D eigenvalue weighted by Crippen LogP contribution is 2.21. The summed E-state index contributed by atoms with van der Waals surface area (Å²) in [7, 11) is 1.69. The van der Waals surface area contributed by atoms with Gasteiger partial charge in [-0.15, -0.1) is 0 Å². The molecule has 0 unspecified atom stereocenters. The van der Waals surface area contributed by atoms with Crippen LogP contribution in [0.3, 0.4) is 0 Å². The van der Waals surface area contributed by atoms with Crippen LogP contribution in [-0.2, 0) is 16.0 Å². The first kappa shape index (κ1) is 15.3.